The van der Waals surface area contributed by atoms with Crippen LogP contribution in [0.15, 0.2) is 20.4 Å². The first-order valence-corrected chi connectivity index (χ1v) is 7.87. The van der Waals surface area contributed by atoms with Crippen molar-refractivity contribution in [1.29, 1.82) is 0 Å². The van der Waals surface area contributed by atoms with Gasteiger partial charge in [0.2, 0.25) is 5.75 Å². The van der Waals surface area contributed by atoms with Crippen LogP contribution in [0.2, 0.25) is 0 Å². The van der Waals surface area contributed by atoms with Crippen molar-refractivity contribution in [2.75, 3.05) is 0 Å². The Kier molecular flexibility index (Phi) is 5.62. The highest BCUT2D eigenvalue weighted by Crippen LogP contribution is 2.24. The first kappa shape index (κ1) is 17.6. The van der Waals surface area contributed by atoms with Gasteiger partial charge in [-0.15, -0.1) is 0 Å². The summed E-state index contributed by atoms with van der Waals surface area (Å²) in [6.07, 6.45) is 5.49. The predicted molar refractivity (Wildman–Crippen MR) is 92.3 cm³/mol. The van der Waals surface area contributed by atoms with Crippen LogP contribution in [-0.2, 0) is 0 Å². The molecule has 24 heavy (non-hydrogen) atoms. The summed E-state index contributed by atoms with van der Waals surface area (Å²) in [7, 11) is 0. The number of nitrogens with zero attached hydrogens (tertiary/aromatic N) is 3. The largest absolute Gasteiger partial charge is 0.501 e. The van der Waals surface area contributed by atoms with E-state index in [1.807, 2.05) is 13.8 Å². The van der Waals surface area contributed by atoms with Crippen LogP contribution >= 0.6 is 0 Å². The topological polar surface area (TPSA) is 134 Å². The van der Waals surface area contributed by atoms with Gasteiger partial charge in [-0.2, -0.15) is 4.99 Å². The second kappa shape index (κ2) is 7.67. The van der Waals surface area contributed by atoms with Gasteiger partial charge in [-0.25, -0.2) is 4.98 Å². The molecule has 1 aliphatic rings. The molecule has 1 aromatic rings. The molecule has 0 bridgehead atoms. The van der Waals surface area contributed by atoms with Gasteiger partial charge in [-0.05, 0) is 31.8 Å². The van der Waals surface area contributed by atoms with E-state index in [2.05, 4.69) is 20.0 Å². The highest BCUT2D eigenvalue weighted by atomic mass is 16.3. The van der Waals surface area contributed by atoms with Crippen LogP contribution in [0.25, 0.3) is 5.70 Å². The fraction of sp³-hybridized carbons (Fsp3) is 0.438. The van der Waals surface area contributed by atoms with Gasteiger partial charge in [0.25, 0.3) is 5.56 Å². The molecule has 0 saturated carbocycles. The number of nitrogens with one attached hydrogen (secondary N) is 1. The second-order valence-electron chi connectivity index (χ2n) is 5.60. The molecule has 1 aliphatic heterocycles. The normalized spacial score (nSPS) is 15.0. The molecule has 0 aliphatic carbocycles. The van der Waals surface area contributed by atoms with Gasteiger partial charge in [0.1, 0.15) is 11.5 Å². The molecule has 8 heteroatoms. The van der Waals surface area contributed by atoms with Crippen LogP contribution in [0.3, 0.4) is 0 Å². The van der Waals surface area contributed by atoms with Crippen molar-refractivity contribution in [3.8, 4) is 5.75 Å². The zero-order chi connectivity index (χ0) is 17.7. The number of aromatic hydroxyl groups is 1. The van der Waals surface area contributed by atoms with E-state index in [0.717, 1.165) is 31.3 Å². The number of hydrogen-bond acceptors (Lipinski definition) is 5. The highest BCUT2D eigenvalue weighted by molar-refractivity contribution is 6.03. The molecule has 1 amide bonds. The van der Waals surface area contributed by atoms with E-state index in [9.17, 15) is 14.7 Å². The summed E-state index contributed by atoms with van der Waals surface area (Å²) >= 11 is 0. The van der Waals surface area contributed by atoms with E-state index in [1.165, 1.54) is 0 Å². The van der Waals surface area contributed by atoms with Crippen LogP contribution in [-0.4, -0.2) is 33.0 Å². The number of aromatic amines is 1. The minimum atomic E-state index is -0.841. The third kappa shape index (κ3) is 3.95. The molecule has 0 aromatic carbocycles. The van der Waals surface area contributed by atoms with Crippen LogP contribution in [0.4, 0.5) is 0 Å². The standard InChI is InChI=1S/C16H21N5O3/c1-3-4-7-10(17)19-15(23)12-13(22)16(24)21-14(20-12)11-9(2)6-5-8-18-11/h8,22H,3-7H2,1-2H3,(H2,17,19,23)(H,20,21,24). The lowest BCUT2D eigenvalue weighted by Crippen LogP contribution is -2.19. The smallest absolute Gasteiger partial charge is 0.301 e. The summed E-state index contributed by atoms with van der Waals surface area (Å²) in [4.78, 5) is 38.6. The number of allylic oxidation sites excluding steroid dienone is 1. The quantitative estimate of drug-likeness (QED) is 0.558. The van der Waals surface area contributed by atoms with Crippen molar-refractivity contribution in [2.45, 2.75) is 46.0 Å². The Balaban J connectivity index is 2.42. The van der Waals surface area contributed by atoms with E-state index in [-0.39, 0.29) is 11.7 Å². The second-order valence-corrected chi connectivity index (χ2v) is 5.60. The third-order valence-electron chi connectivity index (χ3n) is 3.63. The maximum absolute atomic E-state index is 12.2. The van der Waals surface area contributed by atoms with Gasteiger partial charge in [-0.1, -0.05) is 13.3 Å². The van der Waals surface area contributed by atoms with Crippen molar-refractivity contribution >= 4 is 23.7 Å². The lowest BCUT2D eigenvalue weighted by molar-refractivity contribution is 0.0994. The zero-order valence-electron chi connectivity index (χ0n) is 13.8. The lowest BCUT2D eigenvalue weighted by Gasteiger charge is -2.11. The summed E-state index contributed by atoms with van der Waals surface area (Å²) < 4.78 is 0. The minimum absolute atomic E-state index is 0.136. The van der Waals surface area contributed by atoms with Gasteiger partial charge >= 0.3 is 5.91 Å². The molecule has 4 N–H and O–H groups in total. The molecule has 128 valence electrons. The SMILES string of the molecule is CCCCC(N)=NC(=O)c1nc(C2=C(C)CCC=N2)[nH]c(=O)c1O. The summed E-state index contributed by atoms with van der Waals surface area (Å²) in [6, 6.07) is 0. The number of H-pyrrole nitrogens is 1. The van der Waals surface area contributed by atoms with Crippen LogP contribution in [0.1, 0.15) is 62.3 Å². The first-order chi connectivity index (χ1) is 11.4. The molecule has 2 heterocycles. The Morgan fingerprint density at radius 3 is 2.92 bits per heavy atom. The summed E-state index contributed by atoms with van der Waals surface area (Å²) in [5.74, 6) is -1.33. The molecule has 0 saturated heterocycles. The maximum atomic E-state index is 12.2. The molecular formula is C16H21N5O3. The summed E-state index contributed by atoms with van der Waals surface area (Å²) in [6.45, 7) is 3.87. The molecule has 8 nitrogen and oxygen atoms in total. The Labute approximate surface area is 139 Å². The van der Waals surface area contributed by atoms with Crippen LogP contribution < -0.4 is 11.3 Å². The number of rotatable bonds is 5. The monoisotopic (exact) mass is 331 g/mol. The van der Waals surface area contributed by atoms with E-state index < -0.39 is 22.9 Å². The third-order valence-corrected chi connectivity index (χ3v) is 3.63. The van der Waals surface area contributed by atoms with Gasteiger partial charge in [0.05, 0.1) is 0 Å². The van der Waals surface area contributed by atoms with Gasteiger partial charge in [0, 0.05) is 12.6 Å². The first-order valence-electron chi connectivity index (χ1n) is 7.87. The highest BCUT2D eigenvalue weighted by Gasteiger charge is 2.20. The summed E-state index contributed by atoms with van der Waals surface area (Å²) in [5.41, 5.74) is 5.89. The van der Waals surface area contributed by atoms with Crippen molar-refractivity contribution in [3.05, 3.63) is 27.4 Å². The Morgan fingerprint density at radius 1 is 1.50 bits per heavy atom. The number of nitrogens with two attached hydrogens (primary N) is 1. The van der Waals surface area contributed by atoms with Crippen LogP contribution in [0.5, 0.6) is 5.75 Å². The van der Waals surface area contributed by atoms with Crippen molar-refractivity contribution < 1.29 is 9.90 Å². The molecule has 0 atom stereocenters. The number of aliphatic imine (C=N–C) groups is 2. The van der Waals surface area contributed by atoms with E-state index in [1.54, 1.807) is 6.21 Å². The van der Waals surface area contributed by atoms with Gasteiger partial charge in [0.15, 0.2) is 11.5 Å². The number of unbranched alkanes of at least 4 members (excludes halogenated alkanes) is 1. The average molecular weight is 331 g/mol. The number of aromatic nitrogens is 2. The van der Waals surface area contributed by atoms with Crippen molar-refractivity contribution in [1.82, 2.24) is 9.97 Å². The van der Waals surface area contributed by atoms with Crippen molar-refractivity contribution in [3.63, 3.8) is 0 Å². The minimum Gasteiger partial charge on any atom is -0.501 e. The van der Waals surface area contributed by atoms with E-state index in [0.29, 0.717) is 12.1 Å². The van der Waals surface area contributed by atoms with E-state index in [4.69, 9.17) is 5.73 Å². The van der Waals surface area contributed by atoms with Crippen molar-refractivity contribution in [2.24, 2.45) is 15.7 Å². The maximum Gasteiger partial charge on any atom is 0.301 e. The fourth-order valence-corrected chi connectivity index (χ4v) is 2.25. The van der Waals surface area contributed by atoms with E-state index >= 15 is 0 Å². The zero-order valence-corrected chi connectivity index (χ0v) is 13.8. The molecule has 1 aromatic heterocycles. The van der Waals surface area contributed by atoms with Gasteiger partial charge in [-0.3, -0.25) is 14.6 Å². The molecule has 0 fully saturated rings. The fourth-order valence-electron chi connectivity index (χ4n) is 2.25. The van der Waals surface area contributed by atoms with Crippen LogP contribution in [0, 0.1) is 0 Å². The number of amides is 1. The predicted octanol–water partition coefficient (Wildman–Crippen LogP) is 1.76. The Morgan fingerprint density at radius 2 is 2.25 bits per heavy atom. The number of carbonyl (C=O) groups excluding carboxylic acids is 1. The molecular weight excluding hydrogens is 310 g/mol. The molecule has 0 radical (unpaired) electrons. The summed E-state index contributed by atoms with van der Waals surface area (Å²) in [5, 5.41) is 9.85. The average Bonchev–Trinajstić information content (AvgIpc) is 2.55. The molecule has 0 spiro atoms. The lowest BCUT2D eigenvalue weighted by atomic mass is 10.1. The number of hydrogen-bond donors (Lipinski definition) is 3. The Bertz CT molecular complexity index is 789. The number of carbonyl (C=O) groups is 1. The van der Waals surface area contributed by atoms with Gasteiger partial charge < -0.3 is 15.8 Å². The number of amidine groups is 1. The molecule has 0 unspecified atom stereocenters. The Hall–Kier alpha value is -2.77. The molecule has 2 rings (SSSR count).